The van der Waals surface area contributed by atoms with E-state index in [0.717, 1.165) is 35.7 Å². The van der Waals surface area contributed by atoms with E-state index in [0.29, 0.717) is 11.1 Å². The number of nitrogens with zero attached hydrogens (tertiary/aromatic N) is 4. The zero-order valence-electron chi connectivity index (χ0n) is 15.4. The summed E-state index contributed by atoms with van der Waals surface area (Å²) in [5, 5.41) is 9.52. The molecule has 0 aliphatic carbocycles. The van der Waals surface area contributed by atoms with Gasteiger partial charge in [0.1, 0.15) is 17.5 Å². The number of nitriles is 1. The fraction of sp³-hybridized carbons (Fsp3) is 0.286. The number of hydrogen-bond donors (Lipinski definition) is 2. The summed E-state index contributed by atoms with van der Waals surface area (Å²) in [7, 11) is 0. The lowest BCUT2D eigenvalue weighted by Crippen LogP contribution is -2.29. The third-order valence-corrected chi connectivity index (χ3v) is 5.13. The monoisotopic (exact) mass is 358 g/mol. The average molecular weight is 358 g/mol. The van der Waals surface area contributed by atoms with Crippen LogP contribution < -0.4 is 10.6 Å². The molecule has 0 saturated carbocycles. The van der Waals surface area contributed by atoms with Gasteiger partial charge in [-0.1, -0.05) is 12.1 Å². The number of benzene rings is 1. The number of nitrogen functional groups attached to an aromatic ring is 1. The van der Waals surface area contributed by atoms with Crippen LogP contribution in [0.25, 0.3) is 22.5 Å². The van der Waals surface area contributed by atoms with Gasteiger partial charge in [-0.05, 0) is 44.4 Å². The summed E-state index contributed by atoms with van der Waals surface area (Å²) in [6, 6.07) is 12.5. The van der Waals surface area contributed by atoms with Gasteiger partial charge in [-0.3, -0.25) is 0 Å². The molecule has 4 rings (SSSR count). The first-order chi connectivity index (χ1) is 13.2. The van der Waals surface area contributed by atoms with E-state index in [1.54, 1.807) is 6.33 Å². The predicted octanol–water partition coefficient (Wildman–Crippen LogP) is 3.89. The first-order valence-electron chi connectivity index (χ1n) is 9.23. The number of aromatic nitrogens is 3. The molecule has 0 amide bonds. The van der Waals surface area contributed by atoms with Crippen molar-refractivity contribution in [2.75, 3.05) is 23.7 Å². The maximum Gasteiger partial charge on any atom is 0.142 e. The smallest absolute Gasteiger partial charge is 0.142 e. The van der Waals surface area contributed by atoms with E-state index in [1.807, 2.05) is 13.0 Å². The van der Waals surface area contributed by atoms with Crippen LogP contribution in [-0.2, 0) is 0 Å². The normalized spacial score (nSPS) is 14.1. The zero-order chi connectivity index (χ0) is 18.8. The topological polar surface area (TPSA) is 94.6 Å². The molecule has 6 heteroatoms. The van der Waals surface area contributed by atoms with Gasteiger partial charge in [0.05, 0.1) is 17.7 Å². The Morgan fingerprint density at radius 2 is 1.89 bits per heavy atom. The highest BCUT2D eigenvalue weighted by Gasteiger charge is 2.17. The molecule has 1 aliphatic heterocycles. The van der Waals surface area contributed by atoms with Crippen molar-refractivity contribution in [3.05, 3.63) is 47.9 Å². The molecule has 6 nitrogen and oxygen atoms in total. The number of imidazole rings is 1. The molecule has 27 heavy (non-hydrogen) atoms. The third-order valence-electron chi connectivity index (χ3n) is 5.13. The quantitative estimate of drug-likeness (QED) is 0.740. The molecule has 136 valence electrons. The molecule has 0 radical (unpaired) electrons. The molecular formula is C21H22N6. The molecule has 3 aromatic rings. The summed E-state index contributed by atoms with van der Waals surface area (Å²) >= 11 is 0. The van der Waals surface area contributed by atoms with E-state index in [1.165, 1.54) is 24.9 Å². The SMILES string of the molecule is Cc1[nH]cnc1-c1cc(-c2ccc(N3CCCCC3)cc2)nc(N)c1C#N. The van der Waals surface area contributed by atoms with Gasteiger partial charge in [0, 0.05) is 35.6 Å². The van der Waals surface area contributed by atoms with E-state index in [4.69, 9.17) is 5.73 Å². The van der Waals surface area contributed by atoms with Crippen LogP contribution >= 0.6 is 0 Å². The Morgan fingerprint density at radius 3 is 2.52 bits per heavy atom. The van der Waals surface area contributed by atoms with Crippen molar-refractivity contribution in [3.8, 4) is 28.6 Å². The first-order valence-corrected chi connectivity index (χ1v) is 9.23. The maximum atomic E-state index is 9.52. The van der Waals surface area contributed by atoms with Gasteiger partial charge in [0.25, 0.3) is 0 Å². The minimum atomic E-state index is 0.229. The lowest BCUT2D eigenvalue weighted by atomic mass is 10.0. The third kappa shape index (κ3) is 3.24. The van der Waals surface area contributed by atoms with Crippen molar-refractivity contribution in [1.82, 2.24) is 15.0 Å². The highest BCUT2D eigenvalue weighted by molar-refractivity contribution is 5.79. The van der Waals surface area contributed by atoms with E-state index >= 15 is 0 Å². The molecular weight excluding hydrogens is 336 g/mol. The Kier molecular flexibility index (Phi) is 4.51. The minimum Gasteiger partial charge on any atom is -0.383 e. The number of aryl methyl sites for hydroxylation is 1. The van der Waals surface area contributed by atoms with Crippen LogP contribution in [0.4, 0.5) is 11.5 Å². The van der Waals surface area contributed by atoms with E-state index in [2.05, 4.69) is 50.2 Å². The van der Waals surface area contributed by atoms with Gasteiger partial charge in [0.15, 0.2) is 0 Å². The number of anilines is 2. The van der Waals surface area contributed by atoms with E-state index in [-0.39, 0.29) is 5.82 Å². The van der Waals surface area contributed by atoms with Crippen LogP contribution in [-0.4, -0.2) is 28.0 Å². The Morgan fingerprint density at radius 1 is 1.15 bits per heavy atom. The molecule has 0 atom stereocenters. The number of nitrogens with one attached hydrogen (secondary N) is 1. The number of H-pyrrole nitrogens is 1. The molecule has 2 aromatic heterocycles. The highest BCUT2D eigenvalue weighted by atomic mass is 15.1. The van der Waals surface area contributed by atoms with Gasteiger partial charge >= 0.3 is 0 Å². The Bertz CT molecular complexity index is 991. The summed E-state index contributed by atoms with van der Waals surface area (Å²) in [5.74, 6) is 0.229. The lowest BCUT2D eigenvalue weighted by Gasteiger charge is -2.28. The summed E-state index contributed by atoms with van der Waals surface area (Å²) in [6.45, 7) is 4.15. The van der Waals surface area contributed by atoms with Gasteiger partial charge in [-0.2, -0.15) is 5.26 Å². The van der Waals surface area contributed by atoms with Crippen molar-refractivity contribution in [3.63, 3.8) is 0 Å². The Labute approximate surface area is 158 Å². The van der Waals surface area contributed by atoms with Crippen molar-refractivity contribution in [2.45, 2.75) is 26.2 Å². The van der Waals surface area contributed by atoms with Crippen molar-refractivity contribution in [2.24, 2.45) is 0 Å². The maximum absolute atomic E-state index is 9.52. The Balaban J connectivity index is 1.73. The predicted molar refractivity (Wildman–Crippen MR) is 107 cm³/mol. The van der Waals surface area contributed by atoms with Crippen LogP contribution in [0.3, 0.4) is 0 Å². The van der Waals surface area contributed by atoms with Crippen molar-refractivity contribution < 1.29 is 0 Å². The van der Waals surface area contributed by atoms with E-state index < -0.39 is 0 Å². The number of piperidine rings is 1. The second-order valence-electron chi connectivity index (χ2n) is 6.90. The van der Waals surface area contributed by atoms with E-state index in [9.17, 15) is 5.26 Å². The molecule has 0 bridgehead atoms. The molecule has 1 aromatic carbocycles. The summed E-state index contributed by atoms with van der Waals surface area (Å²) in [4.78, 5) is 14.3. The van der Waals surface area contributed by atoms with Crippen LogP contribution in [0, 0.1) is 18.3 Å². The molecule has 1 saturated heterocycles. The number of pyridine rings is 1. The first kappa shape index (κ1) is 17.1. The molecule has 0 unspecified atom stereocenters. The summed E-state index contributed by atoms with van der Waals surface area (Å²) in [5.41, 5.74) is 11.7. The van der Waals surface area contributed by atoms with Gasteiger partial charge < -0.3 is 15.6 Å². The van der Waals surface area contributed by atoms with Gasteiger partial charge in [-0.25, -0.2) is 9.97 Å². The molecule has 1 aliphatic rings. The fourth-order valence-corrected chi connectivity index (χ4v) is 3.64. The molecule has 3 heterocycles. The highest BCUT2D eigenvalue weighted by Crippen LogP contribution is 2.32. The minimum absolute atomic E-state index is 0.229. The molecule has 0 spiro atoms. The lowest BCUT2D eigenvalue weighted by molar-refractivity contribution is 0.578. The van der Waals surface area contributed by atoms with Gasteiger partial charge in [-0.15, -0.1) is 0 Å². The van der Waals surface area contributed by atoms with Crippen LogP contribution in [0.5, 0.6) is 0 Å². The Hall–Kier alpha value is -3.33. The average Bonchev–Trinajstić information content (AvgIpc) is 3.14. The van der Waals surface area contributed by atoms with Crippen LogP contribution in [0.1, 0.15) is 30.5 Å². The van der Waals surface area contributed by atoms with Crippen molar-refractivity contribution in [1.29, 1.82) is 5.26 Å². The number of rotatable bonds is 3. The second kappa shape index (κ2) is 7.12. The summed E-state index contributed by atoms with van der Waals surface area (Å²) in [6.07, 6.45) is 5.44. The number of aromatic amines is 1. The molecule has 3 N–H and O–H groups in total. The standard InChI is InChI=1S/C21H22N6/c1-14-20(25-13-24-14)17-11-19(26-21(23)18(17)12-22)15-5-7-16(8-6-15)27-9-3-2-4-10-27/h5-8,11,13H,2-4,9-10H2,1H3,(H2,23,26)(H,24,25). The van der Waals surface area contributed by atoms with Gasteiger partial charge in [0.2, 0.25) is 0 Å². The van der Waals surface area contributed by atoms with Crippen LogP contribution in [0.15, 0.2) is 36.7 Å². The fourth-order valence-electron chi connectivity index (χ4n) is 3.64. The number of hydrogen-bond acceptors (Lipinski definition) is 5. The molecule has 1 fully saturated rings. The second-order valence-corrected chi connectivity index (χ2v) is 6.90. The largest absolute Gasteiger partial charge is 0.383 e. The number of nitrogens with two attached hydrogens (primary N) is 1. The van der Waals surface area contributed by atoms with Crippen LogP contribution in [0.2, 0.25) is 0 Å². The zero-order valence-corrected chi connectivity index (χ0v) is 15.4. The van der Waals surface area contributed by atoms with Crippen molar-refractivity contribution >= 4 is 11.5 Å². The summed E-state index contributed by atoms with van der Waals surface area (Å²) < 4.78 is 0.